The van der Waals surface area contributed by atoms with E-state index in [0.717, 1.165) is 38.5 Å². The Morgan fingerprint density at radius 3 is 2.73 bits per heavy atom. The van der Waals surface area contributed by atoms with Crippen LogP contribution >= 0.6 is 0 Å². The summed E-state index contributed by atoms with van der Waals surface area (Å²) in [5, 5.41) is 14.7. The number of aliphatic hydroxyl groups is 1. The molecule has 2 aliphatic rings. The van der Waals surface area contributed by atoms with E-state index >= 15 is 0 Å². The zero-order valence-corrected chi connectivity index (χ0v) is 14.1. The molecule has 0 radical (unpaired) electrons. The van der Waals surface area contributed by atoms with Crippen molar-refractivity contribution in [1.29, 1.82) is 0 Å². The molecule has 1 aromatic rings. The molecule has 1 N–H and O–H groups in total. The topological polar surface area (TPSA) is 75.4 Å². The second-order valence-electron chi connectivity index (χ2n) is 6.88. The predicted octanol–water partition coefficient (Wildman–Crippen LogP) is 1.51. The van der Waals surface area contributed by atoms with Gasteiger partial charge in [0, 0.05) is 31.7 Å². The number of aryl methyl sites for hydroxylation is 1. The molecular weight excluding hydrogens is 302 g/mol. The minimum Gasteiger partial charge on any atom is -0.390 e. The van der Waals surface area contributed by atoms with Crippen LogP contribution in [0.25, 0.3) is 0 Å². The third-order valence-corrected chi connectivity index (χ3v) is 7.12. The van der Waals surface area contributed by atoms with Crippen molar-refractivity contribution >= 4 is 10.0 Å². The van der Waals surface area contributed by atoms with Crippen LogP contribution in [-0.2, 0) is 17.1 Å². The Hall–Kier alpha value is -0.920. The smallest absolute Gasteiger partial charge is 0.246 e. The maximum absolute atomic E-state index is 12.9. The summed E-state index contributed by atoms with van der Waals surface area (Å²) in [6, 6.07) is -0.0968. The van der Waals surface area contributed by atoms with E-state index in [1.54, 1.807) is 17.5 Å². The Balaban J connectivity index is 1.90. The van der Waals surface area contributed by atoms with Crippen molar-refractivity contribution in [1.82, 2.24) is 14.1 Å². The standard InChI is InChI=1S/C15H25N3O3S/c1-15(19)8-4-3-6-13(15)14-7-5-9-18(14)22(20,21)12-10-16-17(2)11-12/h10-11,13-14,19H,3-9H2,1-2H3. The normalized spacial score (nSPS) is 34.1. The molecule has 1 aliphatic heterocycles. The lowest BCUT2D eigenvalue weighted by molar-refractivity contribution is -0.0527. The Kier molecular flexibility index (Phi) is 4.07. The number of hydrogen-bond donors (Lipinski definition) is 1. The summed E-state index contributed by atoms with van der Waals surface area (Å²) < 4.78 is 28.9. The highest BCUT2D eigenvalue weighted by atomic mass is 32.2. The zero-order chi connectivity index (χ0) is 16.0. The zero-order valence-electron chi connectivity index (χ0n) is 13.3. The minimum atomic E-state index is -3.53. The maximum Gasteiger partial charge on any atom is 0.246 e. The Labute approximate surface area is 132 Å². The third kappa shape index (κ3) is 2.70. The molecule has 22 heavy (non-hydrogen) atoms. The van der Waals surface area contributed by atoms with Crippen LogP contribution in [0.15, 0.2) is 17.3 Å². The molecular formula is C15H25N3O3S. The lowest BCUT2D eigenvalue weighted by atomic mass is 9.72. The van der Waals surface area contributed by atoms with Gasteiger partial charge in [0.25, 0.3) is 0 Å². The van der Waals surface area contributed by atoms with E-state index in [1.165, 1.54) is 10.9 Å². The Morgan fingerprint density at radius 2 is 2.09 bits per heavy atom. The van der Waals surface area contributed by atoms with Gasteiger partial charge >= 0.3 is 0 Å². The van der Waals surface area contributed by atoms with Gasteiger partial charge in [0.2, 0.25) is 10.0 Å². The molecule has 3 atom stereocenters. The van der Waals surface area contributed by atoms with Gasteiger partial charge in [-0.15, -0.1) is 0 Å². The second-order valence-corrected chi connectivity index (χ2v) is 8.78. The summed E-state index contributed by atoms with van der Waals surface area (Å²) >= 11 is 0. The van der Waals surface area contributed by atoms with E-state index in [4.69, 9.17) is 0 Å². The van der Waals surface area contributed by atoms with E-state index in [2.05, 4.69) is 5.10 Å². The van der Waals surface area contributed by atoms with Gasteiger partial charge in [-0.25, -0.2) is 8.42 Å². The van der Waals surface area contributed by atoms with Gasteiger partial charge in [-0.05, 0) is 32.6 Å². The Morgan fingerprint density at radius 1 is 1.32 bits per heavy atom. The van der Waals surface area contributed by atoms with Gasteiger partial charge in [-0.3, -0.25) is 4.68 Å². The fraction of sp³-hybridized carbons (Fsp3) is 0.800. The van der Waals surface area contributed by atoms with Crippen molar-refractivity contribution in [3.63, 3.8) is 0 Å². The summed E-state index contributed by atoms with van der Waals surface area (Å²) in [6.07, 6.45) is 8.39. The van der Waals surface area contributed by atoms with Crippen molar-refractivity contribution in [2.45, 2.75) is 62.0 Å². The van der Waals surface area contributed by atoms with Crippen LogP contribution in [0.5, 0.6) is 0 Å². The van der Waals surface area contributed by atoms with Crippen LogP contribution in [0.1, 0.15) is 45.4 Å². The summed E-state index contributed by atoms with van der Waals surface area (Å²) in [7, 11) is -1.81. The van der Waals surface area contributed by atoms with Gasteiger partial charge < -0.3 is 5.11 Å². The monoisotopic (exact) mass is 327 g/mol. The largest absolute Gasteiger partial charge is 0.390 e. The van der Waals surface area contributed by atoms with Crippen molar-refractivity contribution in [3.05, 3.63) is 12.4 Å². The molecule has 124 valence electrons. The highest BCUT2D eigenvalue weighted by molar-refractivity contribution is 7.89. The van der Waals surface area contributed by atoms with Crippen LogP contribution < -0.4 is 0 Å². The van der Waals surface area contributed by atoms with E-state index in [9.17, 15) is 13.5 Å². The van der Waals surface area contributed by atoms with E-state index < -0.39 is 15.6 Å². The first-order valence-corrected chi connectivity index (χ1v) is 9.49. The molecule has 1 aliphatic carbocycles. The van der Waals surface area contributed by atoms with Crippen molar-refractivity contribution < 1.29 is 13.5 Å². The predicted molar refractivity (Wildman–Crippen MR) is 82.7 cm³/mol. The van der Waals surface area contributed by atoms with Gasteiger partial charge in [-0.1, -0.05) is 12.8 Å². The van der Waals surface area contributed by atoms with Crippen molar-refractivity contribution in [2.75, 3.05) is 6.54 Å². The molecule has 0 spiro atoms. The van der Waals surface area contributed by atoms with E-state index in [-0.39, 0.29) is 16.9 Å². The molecule has 3 unspecified atom stereocenters. The Bertz CT molecular complexity index is 638. The molecule has 2 heterocycles. The molecule has 2 fully saturated rings. The van der Waals surface area contributed by atoms with Gasteiger partial charge in [0.05, 0.1) is 11.8 Å². The molecule has 1 saturated carbocycles. The van der Waals surface area contributed by atoms with E-state index in [0.29, 0.717) is 6.54 Å². The van der Waals surface area contributed by atoms with Crippen LogP contribution in [0, 0.1) is 5.92 Å². The highest BCUT2D eigenvalue weighted by Gasteiger charge is 2.47. The second kappa shape index (κ2) is 5.62. The van der Waals surface area contributed by atoms with Crippen LogP contribution in [0.3, 0.4) is 0 Å². The molecule has 6 nitrogen and oxygen atoms in total. The first kappa shape index (κ1) is 16.0. The van der Waals surface area contributed by atoms with Crippen LogP contribution in [0.4, 0.5) is 0 Å². The summed E-state index contributed by atoms with van der Waals surface area (Å²) in [4.78, 5) is 0.248. The van der Waals surface area contributed by atoms with Gasteiger partial charge in [0.1, 0.15) is 4.90 Å². The number of nitrogens with zero attached hydrogens (tertiary/aromatic N) is 3. The average molecular weight is 327 g/mol. The average Bonchev–Trinajstić information content (AvgIpc) is 3.07. The molecule has 0 amide bonds. The summed E-state index contributed by atoms with van der Waals surface area (Å²) in [5.41, 5.74) is -0.768. The number of hydrogen-bond acceptors (Lipinski definition) is 4. The maximum atomic E-state index is 12.9. The number of rotatable bonds is 3. The van der Waals surface area contributed by atoms with Crippen molar-refractivity contribution in [3.8, 4) is 0 Å². The quantitative estimate of drug-likeness (QED) is 0.913. The number of aromatic nitrogens is 2. The first-order valence-electron chi connectivity index (χ1n) is 8.05. The lowest BCUT2D eigenvalue weighted by Gasteiger charge is -2.43. The van der Waals surface area contributed by atoms with Crippen molar-refractivity contribution in [2.24, 2.45) is 13.0 Å². The fourth-order valence-corrected chi connectivity index (χ4v) is 5.80. The first-order chi connectivity index (χ1) is 10.3. The molecule has 0 aromatic carbocycles. The van der Waals surface area contributed by atoms with Gasteiger partial charge in [0.15, 0.2) is 0 Å². The number of sulfonamides is 1. The molecule has 1 aromatic heterocycles. The lowest BCUT2D eigenvalue weighted by Crippen LogP contribution is -2.50. The minimum absolute atomic E-state index is 0.0233. The molecule has 0 bridgehead atoms. The van der Waals surface area contributed by atoms with Gasteiger partial charge in [-0.2, -0.15) is 9.40 Å². The summed E-state index contributed by atoms with van der Waals surface area (Å²) in [5.74, 6) is 0.0233. The molecule has 1 saturated heterocycles. The third-order valence-electron chi connectivity index (χ3n) is 5.25. The van der Waals surface area contributed by atoms with Crippen LogP contribution in [0.2, 0.25) is 0 Å². The molecule has 3 rings (SSSR count). The SMILES string of the molecule is Cn1cc(S(=O)(=O)N2CCCC2C2CCCCC2(C)O)cn1. The highest BCUT2D eigenvalue weighted by Crippen LogP contribution is 2.42. The molecule has 7 heteroatoms. The fourth-order valence-electron chi connectivity index (χ4n) is 4.08. The van der Waals surface area contributed by atoms with Crippen LogP contribution in [-0.4, -0.2) is 45.8 Å². The summed E-state index contributed by atoms with van der Waals surface area (Å²) in [6.45, 7) is 2.40. The van der Waals surface area contributed by atoms with E-state index in [1.807, 2.05) is 6.92 Å².